The molecule has 84 heavy (non-hydrogen) atoms. The van der Waals surface area contributed by atoms with E-state index in [2.05, 4.69) is 75.0 Å². The number of aliphatic hydroxyl groups excluding tert-OH is 4. The predicted molar refractivity (Wildman–Crippen MR) is 325 cm³/mol. The highest BCUT2D eigenvalue weighted by atomic mass is 16.3. The number of hydrogen-bond donors (Lipinski definition) is 12. The molecule has 0 bridgehead atoms. The van der Waals surface area contributed by atoms with Crippen molar-refractivity contribution < 1.29 is 61.3 Å². The molecule has 4 fully saturated rings. The molecule has 12 rings (SSSR count). The van der Waals surface area contributed by atoms with Crippen LogP contribution in [0.2, 0.25) is 0 Å². The van der Waals surface area contributed by atoms with Gasteiger partial charge >= 0.3 is 0 Å². The second-order valence-electron chi connectivity index (χ2n) is 28.0. The summed E-state index contributed by atoms with van der Waals surface area (Å²) in [5, 5.41) is 120. The van der Waals surface area contributed by atoms with Crippen LogP contribution >= 0.6 is 0 Å². The predicted octanol–water partition coefficient (Wildman–Crippen LogP) is 9.70. The zero-order valence-corrected chi connectivity index (χ0v) is 51.2. The third kappa shape index (κ3) is 14.5. The van der Waals surface area contributed by atoms with Crippen molar-refractivity contribution in [1.82, 2.24) is 19.6 Å². The average Bonchev–Trinajstić information content (AvgIpc) is 2.44. The summed E-state index contributed by atoms with van der Waals surface area (Å²) in [5.74, 6) is 3.33. The molecule has 8 aliphatic rings. The lowest BCUT2D eigenvalue weighted by Gasteiger charge is -2.46. The number of nitrogens with zero attached hydrogens (tertiary/aromatic N) is 4. The zero-order valence-electron chi connectivity index (χ0n) is 51.2. The average molecular weight is 1170 g/mol. The first kappa shape index (κ1) is 63.5. The van der Waals surface area contributed by atoms with E-state index in [0.717, 1.165) is 148 Å². The van der Waals surface area contributed by atoms with Crippen LogP contribution in [0.4, 0.5) is 0 Å². The summed E-state index contributed by atoms with van der Waals surface area (Å²) in [6, 6.07) is 14.1. The summed E-state index contributed by atoms with van der Waals surface area (Å²) in [7, 11) is 0. The standard InChI is InChI=1S/4C17H25NO3/c4*1-10(2)5-12-9-18-4-3-11-6-16(20)17(21)7-13(11)14(18)8-15(12)19/h4*6-7,10,12,14-15,19-21H,3-5,8-9H2,1-2H3/t2*12-,14+,15+;2*12-,14+,15-/m1010/s1. The van der Waals surface area contributed by atoms with Gasteiger partial charge in [-0.2, -0.15) is 0 Å². The van der Waals surface area contributed by atoms with Gasteiger partial charge in [-0.25, -0.2) is 0 Å². The number of piperidine rings is 4. The number of aromatic hydroxyl groups is 8. The quantitative estimate of drug-likeness (QED) is 0.0733. The topological polar surface area (TPSA) is 256 Å². The lowest BCUT2D eigenvalue weighted by Crippen LogP contribution is -2.48. The Hall–Kier alpha value is -5.04. The van der Waals surface area contributed by atoms with Crippen molar-refractivity contribution in [1.29, 1.82) is 0 Å². The second-order valence-corrected chi connectivity index (χ2v) is 28.0. The van der Waals surface area contributed by atoms with E-state index in [1.807, 2.05) is 0 Å². The molecule has 8 heterocycles. The van der Waals surface area contributed by atoms with Crippen molar-refractivity contribution in [2.24, 2.45) is 47.3 Å². The van der Waals surface area contributed by atoms with E-state index in [1.165, 1.54) is 0 Å². The summed E-state index contributed by atoms with van der Waals surface area (Å²) in [5.41, 5.74) is 8.67. The van der Waals surface area contributed by atoms with E-state index < -0.39 is 0 Å². The van der Waals surface area contributed by atoms with E-state index in [1.54, 1.807) is 48.5 Å². The first-order valence-corrected chi connectivity index (χ1v) is 31.7. The number of benzene rings is 4. The first-order chi connectivity index (χ1) is 39.8. The summed E-state index contributed by atoms with van der Waals surface area (Å²) in [4.78, 5) is 9.72. The van der Waals surface area contributed by atoms with E-state index in [4.69, 9.17) is 0 Å². The maximum absolute atomic E-state index is 10.5. The largest absolute Gasteiger partial charge is 0.504 e. The molecule has 0 saturated carbocycles. The molecular weight excluding hydrogens is 1060 g/mol. The van der Waals surface area contributed by atoms with Gasteiger partial charge in [-0.15, -0.1) is 0 Å². The number of hydrogen-bond acceptors (Lipinski definition) is 16. The van der Waals surface area contributed by atoms with Crippen molar-refractivity contribution in [3.8, 4) is 46.0 Å². The van der Waals surface area contributed by atoms with Gasteiger partial charge in [0.2, 0.25) is 0 Å². The molecule has 0 spiro atoms. The number of rotatable bonds is 8. The third-order valence-corrected chi connectivity index (χ3v) is 19.8. The van der Waals surface area contributed by atoms with Crippen LogP contribution in [0.3, 0.4) is 0 Å². The fourth-order valence-corrected chi connectivity index (χ4v) is 15.8. The Morgan fingerprint density at radius 2 is 0.488 bits per heavy atom. The van der Waals surface area contributed by atoms with Gasteiger partial charge in [0.1, 0.15) is 0 Å². The van der Waals surface area contributed by atoms with Crippen LogP contribution in [0.5, 0.6) is 46.0 Å². The van der Waals surface area contributed by atoms with E-state index in [-0.39, 0.29) is 94.6 Å². The third-order valence-electron chi connectivity index (χ3n) is 19.8. The highest BCUT2D eigenvalue weighted by Crippen LogP contribution is 2.48. The van der Waals surface area contributed by atoms with E-state index in [0.29, 0.717) is 73.0 Å². The molecule has 16 heteroatoms. The Morgan fingerprint density at radius 1 is 0.310 bits per heavy atom. The summed E-state index contributed by atoms with van der Waals surface area (Å²) in [6.45, 7) is 25.1. The van der Waals surface area contributed by atoms with Crippen molar-refractivity contribution in [3.05, 3.63) is 93.0 Å². The molecular formula is C68H100N4O12. The van der Waals surface area contributed by atoms with Gasteiger partial charge in [0, 0.05) is 76.5 Å². The Kier molecular flexibility index (Phi) is 20.3. The summed E-state index contributed by atoms with van der Waals surface area (Å²) < 4.78 is 0. The maximum Gasteiger partial charge on any atom is 0.157 e. The van der Waals surface area contributed by atoms with Crippen LogP contribution in [-0.4, -0.2) is 158 Å². The van der Waals surface area contributed by atoms with Gasteiger partial charge in [0.05, 0.1) is 24.4 Å². The highest BCUT2D eigenvalue weighted by Gasteiger charge is 2.43. The minimum atomic E-state index is -0.282. The second kappa shape index (κ2) is 26.9. The van der Waals surface area contributed by atoms with Crippen LogP contribution in [0.1, 0.15) is 175 Å². The lowest BCUT2D eigenvalue weighted by atomic mass is 9.79. The molecule has 12 N–H and O–H groups in total. The molecule has 16 nitrogen and oxygen atoms in total. The molecule has 4 saturated heterocycles. The number of aliphatic hydroxyl groups is 4. The summed E-state index contributed by atoms with van der Waals surface area (Å²) >= 11 is 0. The van der Waals surface area contributed by atoms with Crippen molar-refractivity contribution >= 4 is 0 Å². The lowest BCUT2D eigenvalue weighted by molar-refractivity contribution is -0.0192. The van der Waals surface area contributed by atoms with Crippen molar-refractivity contribution in [2.75, 3.05) is 52.4 Å². The van der Waals surface area contributed by atoms with Gasteiger partial charge in [-0.3, -0.25) is 19.6 Å². The normalized spacial score (nSPS) is 29.2. The molecule has 0 unspecified atom stereocenters. The minimum absolute atomic E-state index is 0.0451. The molecule has 8 aliphatic heterocycles. The molecule has 12 atom stereocenters. The van der Waals surface area contributed by atoms with Crippen molar-refractivity contribution in [2.45, 2.75) is 181 Å². The minimum Gasteiger partial charge on any atom is -0.504 e. The Bertz CT molecular complexity index is 2500. The number of phenols is 8. The summed E-state index contributed by atoms with van der Waals surface area (Å²) in [6.07, 6.45) is 9.53. The smallest absolute Gasteiger partial charge is 0.157 e. The number of fused-ring (bicyclic) bond motifs is 12. The molecule has 0 amide bonds. The SMILES string of the molecule is CC(C)C[C@@H]1CN2CCc3cc(O)c(O)cc3[C@@H]2C[C@@H]1O.CC(C)C[C@@H]1CN2CCc3cc(O)c(O)cc3[C@@H]2C[C@H]1O.CC(C)C[C@H]1CN2CCc3cc(O)c(O)cc3[C@H]2C[C@@H]1O.CC(C)C[C@H]1CN2CCc3cc(O)c(O)cc3[C@H]2C[C@H]1O. The Labute approximate surface area is 498 Å². The van der Waals surface area contributed by atoms with Crippen LogP contribution in [0.15, 0.2) is 48.5 Å². The fourth-order valence-electron chi connectivity index (χ4n) is 15.8. The molecule has 0 radical (unpaired) electrons. The maximum atomic E-state index is 10.5. The molecule has 0 aliphatic carbocycles. The van der Waals surface area contributed by atoms with Crippen LogP contribution in [0.25, 0.3) is 0 Å². The molecule has 4 aromatic rings. The van der Waals surface area contributed by atoms with Crippen LogP contribution < -0.4 is 0 Å². The van der Waals surface area contributed by atoms with Crippen LogP contribution in [0, 0.1) is 47.3 Å². The zero-order chi connectivity index (χ0) is 60.6. The van der Waals surface area contributed by atoms with Gasteiger partial charge in [0.15, 0.2) is 46.0 Å². The monoisotopic (exact) mass is 1160 g/mol. The van der Waals surface area contributed by atoms with Crippen LogP contribution in [-0.2, 0) is 25.7 Å². The van der Waals surface area contributed by atoms with Gasteiger partial charge in [0.25, 0.3) is 0 Å². The number of phenolic OH excluding ortho intramolecular Hbond substituents is 8. The molecule has 464 valence electrons. The van der Waals surface area contributed by atoms with Gasteiger partial charge < -0.3 is 61.3 Å². The Balaban J connectivity index is 0.000000134. The van der Waals surface area contributed by atoms with E-state index in [9.17, 15) is 61.3 Å². The molecule has 0 aromatic heterocycles. The Morgan fingerprint density at radius 3 is 0.667 bits per heavy atom. The van der Waals surface area contributed by atoms with Gasteiger partial charge in [-0.05, 0) is 217 Å². The van der Waals surface area contributed by atoms with Crippen molar-refractivity contribution in [3.63, 3.8) is 0 Å². The van der Waals surface area contributed by atoms with Gasteiger partial charge in [-0.1, -0.05) is 55.4 Å². The fraction of sp³-hybridized carbons (Fsp3) is 0.647. The first-order valence-electron chi connectivity index (χ1n) is 31.7. The molecule has 4 aromatic carbocycles. The van der Waals surface area contributed by atoms with E-state index >= 15 is 0 Å². The highest BCUT2D eigenvalue weighted by molar-refractivity contribution is 5.51.